The van der Waals surface area contributed by atoms with Crippen LogP contribution >= 0.6 is 0 Å². The van der Waals surface area contributed by atoms with Crippen molar-refractivity contribution in [2.45, 2.75) is 58.6 Å². The highest BCUT2D eigenvalue weighted by atomic mass is 16.5. The number of nitrogens with one attached hydrogen (secondary N) is 2. The molecule has 0 aliphatic heterocycles. The van der Waals surface area contributed by atoms with Crippen LogP contribution in [0.5, 0.6) is 5.75 Å². The summed E-state index contributed by atoms with van der Waals surface area (Å²) in [5.41, 5.74) is 1.80. The minimum atomic E-state index is -0.159. The van der Waals surface area contributed by atoms with Crippen LogP contribution in [0, 0.1) is 11.8 Å². The number of amides is 2. The number of benzene rings is 2. The lowest BCUT2D eigenvalue weighted by Gasteiger charge is -2.34. The third kappa shape index (κ3) is 6.61. The van der Waals surface area contributed by atoms with Crippen LogP contribution in [-0.4, -0.2) is 17.9 Å². The van der Waals surface area contributed by atoms with E-state index in [0.717, 1.165) is 24.2 Å². The van der Waals surface area contributed by atoms with Crippen LogP contribution in [0.4, 0.5) is 5.69 Å². The fourth-order valence-corrected chi connectivity index (χ4v) is 3.89. The summed E-state index contributed by atoms with van der Waals surface area (Å²) in [4.78, 5) is 24.4. The fraction of sp³-hybridized carbons (Fsp3) is 0.440. The van der Waals surface area contributed by atoms with E-state index >= 15 is 0 Å². The fourth-order valence-electron chi connectivity index (χ4n) is 3.89. The van der Waals surface area contributed by atoms with Crippen molar-refractivity contribution in [3.8, 4) is 5.75 Å². The Morgan fingerprint density at radius 1 is 0.933 bits per heavy atom. The molecule has 1 aliphatic carbocycles. The van der Waals surface area contributed by atoms with Gasteiger partial charge in [0.15, 0.2) is 0 Å². The van der Waals surface area contributed by atoms with Crippen molar-refractivity contribution < 1.29 is 14.3 Å². The molecule has 0 unspecified atom stereocenters. The van der Waals surface area contributed by atoms with Gasteiger partial charge in [-0.1, -0.05) is 57.0 Å². The first kappa shape index (κ1) is 21.9. The standard InChI is InChI=1S/C25H32N2O3/c1-18-7-6-10-23(19(18)2)27-25(29)16-15-24(28)26-21-11-13-22(14-12-21)30-17-20-8-4-3-5-9-20/h3-5,8-9,11-14,18-19,23H,6-7,10,15-17H2,1-2H3,(H,26,28)(H,27,29)/t18-,19-,23+/m1/s1. The topological polar surface area (TPSA) is 67.4 Å². The molecular weight excluding hydrogens is 376 g/mol. The Labute approximate surface area is 179 Å². The largest absolute Gasteiger partial charge is 0.489 e. The molecule has 1 fully saturated rings. The zero-order chi connectivity index (χ0) is 21.3. The van der Waals surface area contributed by atoms with Gasteiger partial charge in [0.1, 0.15) is 12.4 Å². The Balaban J connectivity index is 1.38. The van der Waals surface area contributed by atoms with Gasteiger partial charge in [0.25, 0.3) is 0 Å². The normalized spacial score (nSPS) is 20.9. The van der Waals surface area contributed by atoms with Gasteiger partial charge >= 0.3 is 0 Å². The molecule has 160 valence electrons. The van der Waals surface area contributed by atoms with E-state index < -0.39 is 0 Å². The summed E-state index contributed by atoms with van der Waals surface area (Å²) in [7, 11) is 0. The number of hydrogen-bond donors (Lipinski definition) is 2. The van der Waals surface area contributed by atoms with Crippen LogP contribution < -0.4 is 15.4 Å². The van der Waals surface area contributed by atoms with Crippen molar-refractivity contribution in [2.75, 3.05) is 5.32 Å². The second kappa shape index (κ2) is 10.8. The van der Waals surface area contributed by atoms with E-state index in [2.05, 4.69) is 24.5 Å². The van der Waals surface area contributed by atoms with Gasteiger partial charge in [-0.15, -0.1) is 0 Å². The van der Waals surface area contributed by atoms with Crippen molar-refractivity contribution >= 4 is 17.5 Å². The predicted molar refractivity (Wildman–Crippen MR) is 119 cm³/mol. The van der Waals surface area contributed by atoms with Crippen molar-refractivity contribution in [2.24, 2.45) is 11.8 Å². The molecule has 2 aromatic carbocycles. The molecule has 2 amide bonds. The minimum Gasteiger partial charge on any atom is -0.489 e. The molecule has 5 heteroatoms. The van der Waals surface area contributed by atoms with Gasteiger partial charge < -0.3 is 15.4 Å². The van der Waals surface area contributed by atoms with Crippen LogP contribution in [0.15, 0.2) is 54.6 Å². The van der Waals surface area contributed by atoms with E-state index in [1.165, 1.54) is 6.42 Å². The maximum atomic E-state index is 12.2. The van der Waals surface area contributed by atoms with Crippen LogP contribution in [0.2, 0.25) is 0 Å². The number of carbonyl (C=O) groups is 2. The Hall–Kier alpha value is -2.82. The number of ether oxygens (including phenoxy) is 1. The summed E-state index contributed by atoms with van der Waals surface area (Å²) in [6.45, 7) is 4.95. The summed E-state index contributed by atoms with van der Waals surface area (Å²) in [5, 5.41) is 5.96. The number of hydrogen-bond acceptors (Lipinski definition) is 3. The molecular formula is C25H32N2O3. The van der Waals surface area contributed by atoms with E-state index in [1.54, 1.807) is 0 Å². The summed E-state index contributed by atoms with van der Waals surface area (Å²) >= 11 is 0. The summed E-state index contributed by atoms with van der Waals surface area (Å²) in [6.07, 6.45) is 3.80. The van der Waals surface area contributed by atoms with Crippen molar-refractivity contribution in [3.63, 3.8) is 0 Å². The lowest BCUT2D eigenvalue weighted by molar-refractivity contribution is -0.125. The van der Waals surface area contributed by atoms with E-state index in [-0.39, 0.29) is 30.7 Å². The highest BCUT2D eigenvalue weighted by Gasteiger charge is 2.28. The van der Waals surface area contributed by atoms with Crippen molar-refractivity contribution in [1.29, 1.82) is 0 Å². The van der Waals surface area contributed by atoms with Gasteiger partial charge in [0.05, 0.1) is 0 Å². The van der Waals surface area contributed by atoms with Gasteiger partial charge in [-0.3, -0.25) is 9.59 Å². The second-order valence-electron chi connectivity index (χ2n) is 8.29. The van der Waals surface area contributed by atoms with Crippen LogP contribution in [0.25, 0.3) is 0 Å². The lowest BCUT2D eigenvalue weighted by atomic mass is 9.78. The second-order valence-corrected chi connectivity index (χ2v) is 8.29. The maximum absolute atomic E-state index is 12.2. The maximum Gasteiger partial charge on any atom is 0.224 e. The number of rotatable bonds is 8. The van der Waals surface area contributed by atoms with Crippen LogP contribution in [0.1, 0.15) is 51.5 Å². The molecule has 0 spiro atoms. The molecule has 1 saturated carbocycles. The first-order valence-electron chi connectivity index (χ1n) is 10.9. The van der Waals surface area contributed by atoms with E-state index in [4.69, 9.17) is 4.74 Å². The molecule has 0 radical (unpaired) electrons. The molecule has 30 heavy (non-hydrogen) atoms. The van der Waals surface area contributed by atoms with E-state index in [0.29, 0.717) is 24.1 Å². The van der Waals surface area contributed by atoms with E-state index in [9.17, 15) is 9.59 Å². The molecule has 0 bridgehead atoms. The Morgan fingerprint density at radius 3 is 2.37 bits per heavy atom. The highest BCUT2D eigenvalue weighted by molar-refractivity contribution is 5.93. The molecule has 0 heterocycles. The Morgan fingerprint density at radius 2 is 1.63 bits per heavy atom. The van der Waals surface area contributed by atoms with Crippen LogP contribution in [-0.2, 0) is 16.2 Å². The van der Waals surface area contributed by atoms with Crippen LogP contribution in [0.3, 0.4) is 0 Å². The summed E-state index contributed by atoms with van der Waals surface area (Å²) in [5.74, 6) is 1.66. The smallest absolute Gasteiger partial charge is 0.224 e. The van der Waals surface area contributed by atoms with Gasteiger partial charge in [-0.25, -0.2) is 0 Å². The Kier molecular flexibility index (Phi) is 7.89. The average molecular weight is 409 g/mol. The quantitative estimate of drug-likeness (QED) is 0.651. The monoisotopic (exact) mass is 408 g/mol. The first-order valence-corrected chi connectivity index (χ1v) is 10.9. The van der Waals surface area contributed by atoms with Gasteiger partial charge in [0.2, 0.25) is 11.8 Å². The molecule has 5 nitrogen and oxygen atoms in total. The minimum absolute atomic E-state index is 0.0410. The first-order chi connectivity index (χ1) is 14.5. The molecule has 0 aromatic heterocycles. The predicted octanol–water partition coefficient (Wildman–Crippen LogP) is 4.93. The van der Waals surface area contributed by atoms with Gasteiger partial charge in [0, 0.05) is 24.6 Å². The molecule has 3 rings (SSSR count). The average Bonchev–Trinajstić information content (AvgIpc) is 2.76. The van der Waals surface area contributed by atoms with Crippen molar-refractivity contribution in [1.82, 2.24) is 5.32 Å². The van der Waals surface area contributed by atoms with E-state index in [1.807, 2.05) is 54.6 Å². The highest BCUT2D eigenvalue weighted by Crippen LogP contribution is 2.29. The summed E-state index contributed by atoms with van der Waals surface area (Å²) < 4.78 is 5.75. The van der Waals surface area contributed by atoms with Crippen molar-refractivity contribution in [3.05, 3.63) is 60.2 Å². The zero-order valence-corrected chi connectivity index (χ0v) is 17.9. The lowest BCUT2D eigenvalue weighted by Crippen LogP contribution is -2.43. The van der Waals surface area contributed by atoms with Gasteiger partial charge in [-0.05, 0) is 48.1 Å². The molecule has 2 aromatic rings. The SMILES string of the molecule is C[C@@H]1[C@H](C)CCC[C@@H]1NC(=O)CCC(=O)Nc1ccc(OCc2ccccc2)cc1. The van der Waals surface area contributed by atoms with Gasteiger partial charge in [-0.2, -0.15) is 0 Å². The number of carbonyl (C=O) groups excluding carboxylic acids is 2. The third-order valence-electron chi connectivity index (χ3n) is 6.02. The Bertz CT molecular complexity index is 820. The molecule has 1 aliphatic rings. The molecule has 3 atom stereocenters. The summed E-state index contributed by atoms with van der Waals surface area (Å²) in [6, 6.07) is 17.5. The number of anilines is 1. The molecule has 0 saturated heterocycles. The third-order valence-corrected chi connectivity index (χ3v) is 6.02. The molecule has 2 N–H and O–H groups in total. The zero-order valence-electron chi connectivity index (χ0n) is 17.9.